The lowest BCUT2D eigenvalue weighted by molar-refractivity contribution is 0.122. The molecule has 8 heteroatoms. The van der Waals surface area contributed by atoms with Gasteiger partial charge in [0, 0.05) is 62.7 Å². The summed E-state index contributed by atoms with van der Waals surface area (Å²) in [5.74, 6) is 0. The Hall–Kier alpha value is -1.67. The number of imidazole rings is 1. The van der Waals surface area contributed by atoms with Crippen molar-refractivity contribution in [1.29, 1.82) is 0 Å². The number of halogens is 1. The number of pyridine rings is 1. The number of hydrogen-bond acceptors (Lipinski definition) is 6. The SMILES string of the molecule is Cl.Nc1ncc(CN2CCN(Cc3cn4ccccc4n3)CC2)s1. The number of aromatic nitrogens is 3. The van der Waals surface area contributed by atoms with Crippen LogP contribution in [-0.2, 0) is 13.1 Å². The Kier molecular flexibility index (Phi) is 5.35. The first-order chi connectivity index (χ1) is 11.3. The lowest BCUT2D eigenvalue weighted by atomic mass is 10.3. The third-order valence-electron chi connectivity index (χ3n) is 4.22. The normalized spacial score (nSPS) is 16.3. The van der Waals surface area contributed by atoms with Gasteiger partial charge in [0.2, 0.25) is 0 Å². The van der Waals surface area contributed by atoms with Gasteiger partial charge in [0.1, 0.15) is 5.65 Å². The predicted octanol–water partition coefficient (Wildman–Crippen LogP) is 2.11. The molecule has 0 aromatic carbocycles. The molecule has 0 bridgehead atoms. The largest absolute Gasteiger partial charge is 0.375 e. The Labute approximate surface area is 151 Å². The third kappa shape index (κ3) is 3.87. The number of nitrogens with two attached hydrogens (primary N) is 1. The first-order valence-corrected chi connectivity index (χ1v) is 8.65. The molecule has 24 heavy (non-hydrogen) atoms. The number of thiazole rings is 1. The fourth-order valence-corrected chi connectivity index (χ4v) is 3.74. The van der Waals surface area contributed by atoms with Gasteiger partial charge in [0.15, 0.2) is 5.13 Å². The van der Waals surface area contributed by atoms with Crippen LogP contribution in [0.3, 0.4) is 0 Å². The van der Waals surface area contributed by atoms with Crippen molar-refractivity contribution in [3.63, 3.8) is 0 Å². The molecule has 0 saturated carbocycles. The van der Waals surface area contributed by atoms with Crippen LogP contribution in [0.4, 0.5) is 5.13 Å². The molecule has 1 aliphatic heterocycles. The molecule has 2 N–H and O–H groups in total. The van der Waals surface area contributed by atoms with E-state index in [9.17, 15) is 0 Å². The summed E-state index contributed by atoms with van der Waals surface area (Å²) in [6, 6.07) is 6.10. The number of hydrogen-bond donors (Lipinski definition) is 1. The minimum atomic E-state index is 0. The van der Waals surface area contributed by atoms with E-state index in [-0.39, 0.29) is 12.4 Å². The Bertz CT molecular complexity index is 760. The Balaban J connectivity index is 0.00000169. The van der Waals surface area contributed by atoms with Gasteiger partial charge in [-0.05, 0) is 12.1 Å². The Morgan fingerprint density at radius 1 is 1.08 bits per heavy atom. The second kappa shape index (κ2) is 7.48. The monoisotopic (exact) mass is 364 g/mol. The maximum atomic E-state index is 5.70. The van der Waals surface area contributed by atoms with Crippen LogP contribution < -0.4 is 5.73 Å². The van der Waals surface area contributed by atoms with Crippen LogP contribution in [0.2, 0.25) is 0 Å². The second-order valence-corrected chi connectivity index (χ2v) is 7.06. The van der Waals surface area contributed by atoms with E-state index in [2.05, 4.69) is 30.4 Å². The number of nitrogen functional groups attached to an aromatic ring is 1. The first-order valence-electron chi connectivity index (χ1n) is 7.84. The van der Waals surface area contributed by atoms with Crippen molar-refractivity contribution in [2.45, 2.75) is 13.1 Å². The summed E-state index contributed by atoms with van der Waals surface area (Å²) < 4.78 is 2.08. The molecular weight excluding hydrogens is 344 g/mol. The van der Waals surface area contributed by atoms with Crippen molar-refractivity contribution in [2.75, 3.05) is 31.9 Å². The van der Waals surface area contributed by atoms with Gasteiger partial charge in [0.05, 0.1) is 5.69 Å². The maximum absolute atomic E-state index is 5.70. The van der Waals surface area contributed by atoms with Gasteiger partial charge in [-0.3, -0.25) is 9.80 Å². The molecule has 0 spiro atoms. The molecule has 4 rings (SSSR count). The van der Waals surface area contributed by atoms with Crippen molar-refractivity contribution in [1.82, 2.24) is 24.2 Å². The summed E-state index contributed by atoms with van der Waals surface area (Å²) in [4.78, 5) is 15.0. The van der Waals surface area contributed by atoms with Crippen molar-refractivity contribution < 1.29 is 0 Å². The van der Waals surface area contributed by atoms with Crippen LogP contribution in [0.25, 0.3) is 5.65 Å². The molecule has 3 aromatic rings. The summed E-state index contributed by atoms with van der Waals surface area (Å²) >= 11 is 1.59. The highest BCUT2D eigenvalue weighted by atomic mass is 35.5. The quantitative estimate of drug-likeness (QED) is 0.768. The van der Waals surface area contributed by atoms with Gasteiger partial charge in [-0.1, -0.05) is 6.07 Å². The van der Waals surface area contributed by atoms with E-state index in [1.54, 1.807) is 11.3 Å². The van der Waals surface area contributed by atoms with Gasteiger partial charge in [-0.2, -0.15) is 0 Å². The lowest BCUT2D eigenvalue weighted by Gasteiger charge is -2.33. The van der Waals surface area contributed by atoms with Crippen LogP contribution in [0.1, 0.15) is 10.6 Å². The number of piperazine rings is 1. The molecule has 0 aliphatic carbocycles. The van der Waals surface area contributed by atoms with Gasteiger partial charge in [-0.15, -0.1) is 23.7 Å². The van der Waals surface area contributed by atoms with Crippen LogP contribution in [0, 0.1) is 0 Å². The van der Waals surface area contributed by atoms with Crippen LogP contribution in [-0.4, -0.2) is 50.3 Å². The molecular formula is C16H21ClN6S. The number of fused-ring (bicyclic) bond motifs is 1. The third-order valence-corrected chi connectivity index (χ3v) is 5.03. The van der Waals surface area contributed by atoms with E-state index in [0.717, 1.165) is 50.6 Å². The summed E-state index contributed by atoms with van der Waals surface area (Å²) in [5.41, 5.74) is 7.85. The van der Waals surface area contributed by atoms with Gasteiger partial charge < -0.3 is 10.1 Å². The highest BCUT2D eigenvalue weighted by Gasteiger charge is 2.18. The minimum absolute atomic E-state index is 0. The molecule has 0 atom stereocenters. The van der Waals surface area contributed by atoms with E-state index in [1.165, 1.54) is 4.88 Å². The summed E-state index contributed by atoms with van der Waals surface area (Å²) in [5, 5.41) is 0.658. The standard InChI is InChI=1S/C16H20N6S.ClH/c17-16-18-9-14(23-16)12-21-7-5-20(6-8-21)10-13-11-22-4-2-1-3-15(22)19-13;/h1-4,9,11H,5-8,10,12H2,(H2,17,18);1H. The molecule has 0 amide bonds. The molecule has 1 saturated heterocycles. The van der Waals surface area contributed by atoms with Crippen molar-refractivity contribution in [3.8, 4) is 0 Å². The van der Waals surface area contributed by atoms with Gasteiger partial charge in [0.25, 0.3) is 0 Å². The maximum Gasteiger partial charge on any atom is 0.180 e. The van der Waals surface area contributed by atoms with Gasteiger partial charge in [-0.25, -0.2) is 9.97 Å². The first kappa shape index (κ1) is 17.2. The smallest absolute Gasteiger partial charge is 0.180 e. The summed E-state index contributed by atoms with van der Waals surface area (Å²) in [6.45, 7) is 6.17. The fraction of sp³-hybridized carbons (Fsp3) is 0.375. The van der Waals surface area contributed by atoms with Crippen LogP contribution in [0.5, 0.6) is 0 Å². The average molecular weight is 365 g/mol. The van der Waals surface area contributed by atoms with E-state index >= 15 is 0 Å². The fourth-order valence-electron chi connectivity index (χ4n) is 3.01. The summed E-state index contributed by atoms with van der Waals surface area (Å²) in [7, 11) is 0. The minimum Gasteiger partial charge on any atom is -0.375 e. The molecule has 1 aliphatic rings. The van der Waals surface area contributed by atoms with Crippen LogP contribution >= 0.6 is 23.7 Å². The van der Waals surface area contributed by atoms with E-state index < -0.39 is 0 Å². The van der Waals surface area contributed by atoms with E-state index in [1.807, 2.05) is 30.6 Å². The molecule has 4 heterocycles. The van der Waals surface area contributed by atoms with E-state index in [0.29, 0.717) is 5.13 Å². The number of anilines is 1. The predicted molar refractivity (Wildman–Crippen MR) is 99.5 cm³/mol. The van der Waals surface area contributed by atoms with Crippen molar-refractivity contribution in [2.24, 2.45) is 0 Å². The molecule has 6 nitrogen and oxygen atoms in total. The van der Waals surface area contributed by atoms with Crippen molar-refractivity contribution in [3.05, 3.63) is 47.4 Å². The molecule has 3 aromatic heterocycles. The zero-order valence-corrected chi connectivity index (χ0v) is 15.0. The van der Waals surface area contributed by atoms with Crippen molar-refractivity contribution >= 4 is 34.5 Å². The number of nitrogens with zero attached hydrogens (tertiary/aromatic N) is 5. The second-order valence-electron chi connectivity index (χ2n) is 5.92. The van der Waals surface area contributed by atoms with E-state index in [4.69, 9.17) is 5.73 Å². The highest BCUT2D eigenvalue weighted by Crippen LogP contribution is 2.18. The molecule has 128 valence electrons. The van der Waals surface area contributed by atoms with Crippen LogP contribution in [0.15, 0.2) is 36.8 Å². The topological polar surface area (TPSA) is 62.7 Å². The summed E-state index contributed by atoms with van der Waals surface area (Å²) in [6.07, 6.45) is 6.06. The Morgan fingerprint density at radius 3 is 2.50 bits per heavy atom. The molecule has 0 unspecified atom stereocenters. The zero-order valence-electron chi connectivity index (χ0n) is 13.3. The average Bonchev–Trinajstić information content (AvgIpc) is 3.14. The zero-order chi connectivity index (χ0) is 15.6. The Morgan fingerprint density at radius 2 is 1.83 bits per heavy atom. The lowest BCUT2D eigenvalue weighted by Crippen LogP contribution is -2.45. The number of rotatable bonds is 4. The van der Waals surface area contributed by atoms with Gasteiger partial charge >= 0.3 is 0 Å². The molecule has 0 radical (unpaired) electrons. The highest BCUT2D eigenvalue weighted by molar-refractivity contribution is 7.15. The molecule has 1 fully saturated rings.